The van der Waals surface area contributed by atoms with Gasteiger partial charge in [0.15, 0.2) is 0 Å². The quantitative estimate of drug-likeness (QED) is 0.645. The van der Waals surface area contributed by atoms with E-state index in [-0.39, 0.29) is 0 Å². The van der Waals surface area contributed by atoms with Crippen LogP contribution in [0, 0.1) is 0 Å². The number of rotatable bonds is 1. The van der Waals surface area contributed by atoms with E-state index in [1.165, 1.54) is 5.56 Å². The standard InChI is InChI=1S/C8H7I/c9-7-6-8-4-2-1-3-5-8/h1-7H/b7-6-/i9-4. The zero-order valence-corrected chi connectivity index (χ0v) is 7.08. The summed E-state index contributed by atoms with van der Waals surface area (Å²) in [6.07, 6.45) is 2.07. The Morgan fingerprint density at radius 3 is 2.33 bits per heavy atom. The largest absolute Gasteiger partial charge is 0.0622 e. The van der Waals surface area contributed by atoms with Gasteiger partial charge in [-0.05, 0) is 15.7 Å². The maximum atomic E-state index is 2.21. The van der Waals surface area contributed by atoms with Crippen LogP contribution in [-0.2, 0) is 0 Å². The van der Waals surface area contributed by atoms with Gasteiger partial charge in [-0.1, -0.05) is 52.9 Å². The van der Waals surface area contributed by atoms with Crippen LogP contribution >= 0.6 is 22.6 Å². The Bertz CT molecular complexity index is 189. The molecule has 0 amide bonds. The van der Waals surface area contributed by atoms with Crippen LogP contribution in [0.3, 0.4) is 0 Å². The van der Waals surface area contributed by atoms with E-state index in [0.717, 1.165) is 0 Å². The summed E-state index contributed by atoms with van der Waals surface area (Å²) in [6, 6.07) is 10.2. The molecule has 0 atom stereocenters. The molecular weight excluding hydrogens is 219 g/mol. The van der Waals surface area contributed by atoms with Gasteiger partial charge in [-0.25, -0.2) is 0 Å². The molecule has 0 N–H and O–H groups in total. The Balaban J connectivity index is 2.85. The van der Waals surface area contributed by atoms with Crippen molar-refractivity contribution in [1.29, 1.82) is 0 Å². The highest BCUT2D eigenvalue weighted by atomic mass is 123. The lowest BCUT2D eigenvalue weighted by atomic mass is 10.2. The molecule has 46 valence electrons. The second kappa shape index (κ2) is 3.67. The Hall–Kier alpha value is -0.310. The van der Waals surface area contributed by atoms with Crippen molar-refractivity contribution in [2.24, 2.45) is 0 Å². The molecule has 0 heterocycles. The van der Waals surface area contributed by atoms with Crippen molar-refractivity contribution in [3.63, 3.8) is 0 Å². The van der Waals surface area contributed by atoms with Crippen LogP contribution in [0.4, 0.5) is 0 Å². The lowest BCUT2D eigenvalue weighted by Gasteiger charge is -1.86. The van der Waals surface area contributed by atoms with Crippen LogP contribution in [0.5, 0.6) is 0 Å². The van der Waals surface area contributed by atoms with E-state index in [9.17, 15) is 0 Å². The first kappa shape index (κ1) is 6.81. The van der Waals surface area contributed by atoms with Gasteiger partial charge >= 0.3 is 0 Å². The fraction of sp³-hybridized carbons (Fsp3) is 0. The van der Waals surface area contributed by atoms with E-state index in [2.05, 4.69) is 40.8 Å². The van der Waals surface area contributed by atoms with Gasteiger partial charge in [-0.15, -0.1) is 0 Å². The monoisotopic (exact) mass is 226 g/mol. The smallest absolute Gasteiger partial charge is 0.0228 e. The summed E-state index contributed by atoms with van der Waals surface area (Å²) in [6.45, 7) is 0. The second-order valence-electron chi connectivity index (χ2n) is 1.70. The van der Waals surface area contributed by atoms with Crippen LogP contribution in [0.15, 0.2) is 34.4 Å². The molecule has 0 aliphatic heterocycles. The molecule has 0 aromatic heterocycles. The number of hydrogen-bond acceptors (Lipinski definition) is 0. The van der Waals surface area contributed by atoms with Crippen molar-refractivity contribution in [1.82, 2.24) is 0 Å². The molecule has 0 spiro atoms. The molecule has 0 aliphatic rings. The summed E-state index contributed by atoms with van der Waals surface area (Å²) in [4.78, 5) is 0. The third kappa shape index (κ3) is 2.18. The van der Waals surface area contributed by atoms with Gasteiger partial charge in [0.05, 0.1) is 0 Å². The van der Waals surface area contributed by atoms with Gasteiger partial charge < -0.3 is 0 Å². The first-order valence-corrected chi connectivity index (χ1v) is 4.00. The van der Waals surface area contributed by atoms with E-state index in [4.69, 9.17) is 0 Å². The van der Waals surface area contributed by atoms with Gasteiger partial charge in [0.25, 0.3) is 0 Å². The van der Waals surface area contributed by atoms with E-state index >= 15 is 0 Å². The third-order valence-corrected chi connectivity index (χ3v) is 1.41. The molecule has 1 rings (SSSR count). The lowest BCUT2D eigenvalue weighted by Crippen LogP contribution is -1.64. The summed E-state index contributed by atoms with van der Waals surface area (Å²) < 4.78 is 2.01. The maximum absolute atomic E-state index is 2.21. The third-order valence-electron chi connectivity index (χ3n) is 1.06. The van der Waals surface area contributed by atoms with E-state index in [1.54, 1.807) is 0 Å². The van der Waals surface area contributed by atoms with Gasteiger partial charge in [0.1, 0.15) is 0 Å². The zero-order valence-electron chi connectivity index (χ0n) is 4.92. The maximum Gasteiger partial charge on any atom is -0.0228 e. The van der Waals surface area contributed by atoms with Gasteiger partial charge in [-0.3, -0.25) is 0 Å². The average molecular weight is 226 g/mol. The predicted octanol–water partition coefficient (Wildman–Crippen LogP) is 3.09. The topological polar surface area (TPSA) is 0 Å². The fourth-order valence-electron chi connectivity index (χ4n) is 0.637. The van der Waals surface area contributed by atoms with Gasteiger partial charge in [0, 0.05) is 0 Å². The normalized spacial score (nSPS) is 10.3. The summed E-state index contributed by atoms with van der Waals surface area (Å²) in [5.41, 5.74) is 1.26. The molecule has 0 radical (unpaired) electrons. The molecule has 0 unspecified atom stereocenters. The van der Waals surface area contributed by atoms with Crippen molar-refractivity contribution < 1.29 is 0 Å². The summed E-state index contributed by atoms with van der Waals surface area (Å²) >= 11 is 2.21. The highest BCUT2D eigenvalue weighted by molar-refractivity contribution is 14.1. The van der Waals surface area contributed by atoms with Crippen LogP contribution in [-0.4, -0.2) is 0 Å². The Kier molecular flexibility index (Phi) is 2.77. The Morgan fingerprint density at radius 2 is 1.78 bits per heavy atom. The molecule has 0 fully saturated rings. The van der Waals surface area contributed by atoms with Crippen molar-refractivity contribution in [2.75, 3.05) is 0 Å². The first-order valence-electron chi connectivity index (χ1n) is 2.75. The van der Waals surface area contributed by atoms with Crippen LogP contribution in [0.25, 0.3) is 6.08 Å². The molecule has 0 bridgehead atoms. The molecule has 0 nitrogen and oxygen atoms in total. The Labute approximate surface area is 68.7 Å². The molecule has 0 saturated carbocycles. The highest BCUT2D eigenvalue weighted by Crippen LogP contribution is 2.01. The van der Waals surface area contributed by atoms with Crippen LogP contribution < -0.4 is 0 Å². The predicted molar refractivity (Wildman–Crippen MR) is 49.5 cm³/mol. The van der Waals surface area contributed by atoms with Crippen molar-refractivity contribution in [2.45, 2.75) is 0 Å². The van der Waals surface area contributed by atoms with E-state index < -0.39 is 0 Å². The van der Waals surface area contributed by atoms with Crippen molar-refractivity contribution in [3.8, 4) is 0 Å². The van der Waals surface area contributed by atoms with Gasteiger partial charge in [-0.2, -0.15) is 0 Å². The zero-order chi connectivity index (χ0) is 6.53. The summed E-state index contributed by atoms with van der Waals surface area (Å²) in [5, 5.41) is 0. The number of benzene rings is 1. The molecule has 0 saturated heterocycles. The van der Waals surface area contributed by atoms with Crippen molar-refractivity contribution >= 4 is 28.7 Å². The van der Waals surface area contributed by atoms with Crippen LogP contribution in [0.1, 0.15) is 5.56 Å². The molecule has 9 heavy (non-hydrogen) atoms. The Morgan fingerprint density at radius 1 is 1.11 bits per heavy atom. The highest BCUT2D eigenvalue weighted by Gasteiger charge is 1.78. The molecule has 0 aliphatic carbocycles. The second-order valence-corrected chi connectivity index (χ2v) is 2.42. The fourth-order valence-corrected chi connectivity index (χ4v) is 1.05. The summed E-state index contributed by atoms with van der Waals surface area (Å²) in [5.74, 6) is 0. The van der Waals surface area contributed by atoms with E-state index in [0.29, 0.717) is 0 Å². The molecule has 1 heteroatoms. The first-order chi connectivity index (χ1) is 4.43. The SMILES string of the molecule is [123I]/C=C\c1ccccc1. The number of hydrogen-bond donors (Lipinski definition) is 0. The van der Waals surface area contributed by atoms with E-state index in [1.807, 2.05) is 22.3 Å². The minimum Gasteiger partial charge on any atom is -0.0622 e. The summed E-state index contributed by atoms with van der Waals surface area (Å²) in [7, 11) is 0. The molecular formula is C8H7I. The van der Waals surface area contributed by atoms with Crippen molar-refractivity contribution in [3.05, 3.63) is 40.0 Å². The minimum atomic E-state index is 1.26. The minimum absolute atomic E-state index is 1.26. The number of halogens is 1. The molecule has 1 aromatic carbocycles. The average Bonchev–Trinajstić information content (AvgIpc) is 1.91. The van der Waals surface area contributed by atoms with Crippen LogP contribution in [0.2, 0.25) is 0 Å². The molecule has 1 aromatic rings. The van der Waals surface area contributed by atoms with Gasteiger partial charge in [0.2, 0.25) is 0 Å². The lowest BCUT2D eigenvalue weighted by molar-refractivity contribution is 1.67.